The Morgan fingerprint density at radius 3 is 2.10 bits per heavy atom. The lowest BCUT2D eigenvalue weighted by Crippen LogP contribution is -2.46. The van der Waals surface area contributed by atoms with E-state index >= 15 is 0 Å². The van der Waals surface area contributed by atoms with Crippen LogP contribution < -0.4 is 9.80 Å². The van der Waals surface area contributed by atoms with Gasteiger partial charge in [0.05, 0.1) is 11.6 Å². The van der Waals surface area contributed by atoms with Crippen molar-refractivity contribution >= 4 is 27.3 Å². The monoisotopic (exact) mass is 341 g/mol. The summed E-state index contributed by atoms with van der Waals surface area (Å²) in [6.07, 6.45) is 0. The molecule has 0 aromatic heterocycles. The molecule has 0 saturated carbocycles. The van der Waals surface area contributed by atoms with Crippen LogP contribution in [0.5, 0.6) is 0 Å². The first-order valence-corrected chi connectivity index (χ1v) is 7.81. The lowest BCUT2D eigenvalue weighted by atomic mass is 10.1. The second-order valence-corrected chi connectivity index (χ2v) is 6.04. The Bertz CT molecular complexity index is 655. The van der Waals surface area contributed by atoms with Gasteiger partial charge in [-0.1, -0.05) is 34.1 Å². The van der Waals surface area contributed by atoms with Crippen LogP contribution in [0.2, 0.25) is 0 Å². The highest BCUT2D eigenvalue weighted by Gasteiger charge is 2.18. The van der Waals surface area contributed by atoms with Gasteiger partial charge in [0.25, 0.3) is 0 Å². The zero-order valence-corrected chi connectivity index (χ0v) is 13.3. The van der Waals surface area contributed by atoms with Crippen molar-refractivity contribution in [3.05, 3.63) is 58.6 Å². The quantitative estimate of drug-likeness (QED) is 0.835. The van der Waals surface area contributed by atoms with E-state index in [4.69, 9.17) is 5.26 Å². The van der Waals surface area contributed by atoms with Gasteiger partial charge in [-0.25, -0.2) is 0 Å². The Morgan fingerprint density at radius 1 is 0.857 bits per heavy atom. The van der Waals surface area contributed by atoms with E-state index in [-0.39, 0.29) is 0 Å². The van der Waals surface area contributed by atoms with Gasteiger partial charge in [0, 0.05) is 42.0 Å². The molecule has 0 aliphatic carbocycles. The molecule has 21 heavy (non-hydrogen) atoms. The number of rotatable bonds is 2. The van der Waals surface area contributed by atoms with Crippen molar-refractivity contribution in [1.82, 2.24) is 0 Å². The zero-order valence-electron chi connectivity index (χ0n) is 11.7. The van der Waals surface area contributed by atoms with Crippen LogP contribution in [-0.2, 0) is 0 Å². The molecule has 106 valence electrons. The Hall–Kier alpha value is -1.99. The van der Waals surface area contributed by atoms with Crippen LogP contribution in [0, 0.1) is 11.3 Å². The molecule has 0 spiro atoms. The van der Waals surface area contributed by atoms with E-state index < -0.39 is 0 Å². The van der Waals surface area contributed by atoms with Crippen molar-refractivity contribution in [3.8, 4) is 6.07 Å². The standard InChI is InChI=1S/C17H16BrN3/c18-15-10-14(13-19)11-17(12-15)21-8-6-20(7-9-21)16-4-2-1-3-5-16/h1-5,10-12H,6-9H2. The fourth-order valence-corrected chi connectivity index (χ4v) is 3.16. The summed E-state index contributed by atoms with van der Waals surface area (Å²) in [5.41, 5.74) is 3.10. The molecule has 0 amide bonds. The molecule has 3 rings (SSSR count). The van der Waals surface area contributed by atoms with Gasteiger partial charge < -0.3 is 9.80 Å². The van der Waals surface area contributed by atoms with Gasteiger partial charge in [0.1, 0.15) is 0 Å². The van der Waals surface area contributed by atoms with Gasteiger partial charge in [-0.05, 0) is 30.3 Å². The molecule has 1 saturated heterocycles. The Labute approximate surface area is 133 Å². The van der Waals surface area contributed by atoms with E-state index in [9.17, 15) is 0 Å². The summed E-state index contributed by atoms with van der Waals surface area (Å²) in [6.45, 7) is 3.93. The maximum atomic E-state index is 9.08. The van der Waals surface area contributed by atoms with Gasteiger partial charge in [-0.3, -0.25) is 0 Å². The number of hydrogen-bond acceptors (Lipinski definition) is 3. The molecule has 0 unspecified atom stereocenters. The Balaban J connectivity index is 1.71. The molecule has 3 nitrogen and oxygen atoms in total. The van der Waals surface area contributed by atoms with Crippen molar-refractivity contribution in [2.24, 2.45) is 0 Å². The molecular formula is C17H16BrN3. The number of nitriles is 1. The number of nitrogens with zero attached hydrogens (tertiary/aromatic N) is 3. The normalized spacial score (nSPS) is 14.9. The SMILES string of the molecule is N#Cc1cc(Br)cc(N2CCN(c3ccccc3)CC2)c1. The second kappa shape index (κ2) is 6.19. The first-order chi connectivity index (χ1) is 10.3. The maximum Gasteiger partial charge on any atom is 0.0992 e. The Kier molecular flexibility index (Phi) is 4.12. The molecule has 2 aromatic rings. The summed E-state index contributed by atoms with van der Waals surface area (Å²) < 4.78 is 0.960. The highest BCUT2D eigenvalue weighted by atomic mass is 79.9. The van der Waals surface area contributed by atoms with Gasteiger partial charge in [-0.2, -0.15) is 5.26 Å². The van der Waals surface area contributed by atoms with Crippen molar-refractivity contribution in [3.63, 3.8) is 0 Å². The van der Waals surface area contributed by atoms with Crippen LogP contribution in [-0.4, -0.2) is 26.2 Å². The zero-order chi connectivity index (χ0) is 14.7. The maximum absolute atomic E-state index is 9.08. The minimum Gasteiger partial charge on any atom is -0.368 e. The van der Waals surface area contributed by atoms with Gasteiger partial charge >= 0.3 is 0 Å². The molecule has 0 radical (unpaired) electrons. The fraction of sp³-hybridized carbons (Fsp3) is 0.235. The molecular weight excluding hydrogens is 326 g/mol. The lowest BCUT2D eigenvalue weighted by Gasteiger charge is -2.37. The summed E-state index contributed by atoms with van der Waals surface area (Å²) in [6, 6.07) is 18.6. The van der Waals surface area contributed by atoms with E-state index in [0.717, 1.165) is 36.3 Å². The van der Waals surface area contributed by atoms with Gasteiger partial charge in [-0.15, -0.1) is 0 Å². The van der Waals surface area contributed by atoms with Crippen LogP contribution in [0.4, 0.5) is 11.4 Å². The molecule has 0 N–H and O–H groups in total. The highest BCUT2D eigenvalue weighted by Crippen LogP contribution is 2.25. The Morgan fingerprint density at radius 2 is 1.48 bits per heavy atom. The second-order valence-electron chi connectivity index (χ2n) is 5.12. The summed E-state index contributed by atoms with van der Waals surface area (Å²) in [7, 11) is 0. The predicted molar refractivity (Wildman–Crippen MR) is 89.7 cm³/mol. The van der Waals surface area contributed by atoms with Crippen LogP contribution in [0.3, 0.4) is 0 Å². The first-order valence-electron chi connectivity index (χ1n) is 7.02. The number of hydrogen-bond donors (Lipinski definition) is 0. The topological polar surface area (TPSA) is 30.3 Å². The molecule has 0 atom stereocenters. The third-order valence-electron chi connectivity index (χ3n) is 3.78. The van der Waals surface area contributed by atoms with E-state index in [0.29, 0.717) is 5.56 Å². The van der Waals surface area contributed by atoms with Crippen LogP contribution >= 0.6 is 15.9 Å². The van der Waals surface area contributed by atoms with E-state index in [1.54, 1.807) is 0 Å². The molecule has 1 aliphatic heterocycles. The average molecular weight is 342 g/mol. The number of anilines is 2. The smallest absolute Gasteiger partial charge is 0.0992 e. The summed E-state index contributed by atoms with van der Waals surface area (Å²) in [4.78, 5) is 4.74. The summed E-state index contributed by atoms with van der Waals surface area (Å²) >= 11 is 3.48. The van der Waals surface area contributed by atoms with Gasteiger partial charge in [0.2, 0.25) is 0 Å². The third kappa shape index (κ3) is 3.20. The van der Waals surface area contributed by atoms with Gasteiger partial charge in [0.15, 0.2) is 0 Å². The molecule has 1 heterocycles. The molecule has 1 aliphatic rings. The summed E-state index contributed by atoms with van der Waals surface area (Å²) in [5, 5.41) is 9.08. The van der Waals surface area contributed by atoms with Crippen molar-refractivity contribution in [2.75, 3.05) is 36.0 Å². The highest BCUT2D eigenvalue weighted by molar-refractivity contribution is 9.10. The molecule has 4 heteroatoms. The van der Waals surface area contributed by atoms with Crippen molar-refractivity contribution in [1.29, 1.82) is 5.26 Å². The minimum atomic E-state index is 0.699. The predicted octanol–water partition coefficient (Wildman–Crippen LogP) is 3.65. The fourth-order valence-electron chi connectivity index (χ4n) is 2.68. The number of para-hydroxylation sites is 1. The minimum absolute atomic E-state index is 0.699. The van der Waals surface area contributed by atoms with E-state index in [1.807, 2.05) is 18.2 Å². The molecule has 1 fully saturated rings. The van der Waals surface area contributed by atoms with Crippen LogP contribution in [0.1, 0.15) is 5.56 Å². The lowest BCUT2D eigenvalue weighted by molar-refractivity contribution is 0.653. The number of piperazine rings is 1. The van der Waals surface area contributed by atoms with Crippen LogP contribution in [0.25, 0.3) is 0 Å². The first kappa shape index (κ1) is 14.0. The number of benzene rings is 2. The third-order valence-corrected chi connectivity index (χ3v) is 4.24. The number of halogens is 1. The molecule has 0 bridgehead atoms. The largest absolute Gasteiger partial charge is 0.368 e. The van der Waals surface area contributed by atoms with E-state index in [2.05, 4.69) is 62.1 Å². The van der Waals surface area contributed by atoms with Crippen molar-refractivity contribution in [2.45, 2.75) is 0 Å². The summed E-state index contributed by atoms with van der Waals surface area (Å²) in [5.74, 6) is 0. The average Bonchev–Trinajstić information content (AvgIpc) is 2.55. The van der Waals surface area contributed by atoms with Crippen LogP contribution in [0.15, 0.2) is 53.0 Å². The molecule has 2 aromatic carbocycles. The van der Waals surface area contributed by atoms with E-state index in [1.165, 1.54) is 5.69 Å². The van der Waals surface area contributed by atoms with Crippen molar-refractivity contribution < 1.29 is 0 Å².